The number of nitrogens with zero attached hydrogens (tertiary/aromatic N) is 4. The average molecular weight is 303 g/mol. The monoisotopic (exact) mass is 302 g/mol. The van der Waals surface area contributed by atoms with E-state index in [0.717, 1.165) is 24.3 Å². The quantitative estimate of drug-likeness (QED) is 0.694. The van der Waals surface area contributed by atoms with Crippen LogP contribution in [-0.4, -0.2) is 25.2 Å². The smallest absolute Gasteiger partial charge is 0.111 e. The van der Waals surface area contributed by atoms with E-state index in [4.69, 9.17) is 16.6 Å². The summed E-state index contributed by atoms with van der Waals surface area (Å²) in [6, 6.07) is 6.24. The second-order valence-electron chi connectivity index (χ2n) is 5.37. The van der Waals surface area contributed by atoms with Gasteiger partial charge in [0.2, 0.25) is 0 Å². The first-order valence-electron chi connectivity index (χ1n) is 7.10. The van der Waals surface area contributed by atoms with Crippen molar-refractivity contribution in [1.29, 1.82) is 0 Å². The van der Waals surface area contributed by atoms with E-state index in [0.29, 0.717) is 5.88 Å². The molecule has 0 saturated heterocycles. The minimum atomic E-state index is 0.578. The fraction of sp³-hybridized carbons (Fsp3) is 0.375. The number of rotatable bonds is 4. The van der Waals surface area contributed by atoms with Crippen molar-refractivity contribution in [3.8, 4) is 0 Å². The van der Waals surface area contributed by atoms with Crippen molar-refractivity contribution in [3.05, 3.63) is 47.0 Å². The van der Waals surface area contributed by atoms with Crippen LogP contribution in [-0.2, 0) is 20.0 Å². The molecule has 5 heteroatoms. The van der Waals surface area contributed by atoms with E-state index in [2.05, 4.69) is 41.7 Å². The van der Waals surface area contributed by atoms with Crippen molar-refractivity contribution in [1.82, 2.24) is 19.3 Å². The molecular weight excluding hydrogens is 284 g/mol. The van der Waals surface area contributed by atoms with Crippen molar-refractivity contribution in [2.75, 3.05) is 5.88 Å². The van der Waals surface area contributed by atoms with Gasteiger partial charge in [-0.2, -0.15) is 5.10 Å². The van der Waals surface area contributed by atoms with E-state index in [-0.39, 0.29) is 0 Å². The van der Waals surface area contributed by atoms with E-state index >= 15 is 0 Å². The summed E-state index contributed by atoms with van der Waals surface area (Å²) in [4.78, 5) is 4.75. The highest BCUT2D eigenvalue weighted by molar-refractivity contribution is 6.17. The molecule has 0 aliphatic heterocycles. The largest absolute Gasteiger partial charge is 0.323 e. The number of alkyl halides is 1. The zero-order valence-corrected chi connectivity index (χ0v) is 13.4. The van der Waals surface area contributed by atoms with E-state index in [1.165, 1.54) is 22.3 Å². The van der Waals surface area contributed by atoms with Crippen LogP contribution < -0.4 is 0 Å². The number of hydrogen-bond acceptors (Lipinski definition) is 2. The maximum atomic E-state index is 5.94. The fourth-order valence-corrected chi connectivity index (χ4v) is 2.90. The number of aromatic nitrogens is 4. The van der Waals surface area contributed by atoms with Gasteiger partial charge in [0, 0.05) is 30.6 Å². The summed E-state index contributed by atoms with van der Waals surface area (Å²) in [7, 11) is 1.97. The van der Waals surface area contributed by atoms with Crippen LogP contribution in [0.1, 0.15) is 22.6 Å². The topological polar surface area (TPSA) is 35.6 Å². The zero-order chi connectivity index (χ0) is 15.0. The van der Waals surface area contributed by atoms with Gasteiger partial charge in [0.05, 0.1) is 23.8 Å². The lowest BCUT2D eigenvalue weighted by atomic mass is 10.2. The van der Waals surface area contributed by atoms with Gasteiger partial charge in [-0.1, -0.05) is 12.1 Å². The maximum absolute atomic E-state index is 5.94. The third kappa shape index (κ3) is 2.44. The number of hydrogen-bond donors (Lipinski definition) is 0. The molecule has 21 heavy (non-hydrogen) atoms. The molecule has 0 atom stereocenters. The van der Waals surface area contributed by atoms with Gasteiger partial charge in [-0.05, 0) is 25.5 Å². The van der Waals surface area contributed by atoms with Gasteiger partial charge in [-0.25, -0.2) is 4.98 Å². The Labute approximate surface area is 129 Å². The van der Waals surface area contributed by atoms with Crippen LogP contribution >= 0.6 is 11.6 Å². The highest BCUT2D eigenvalue weighted by Gasteiger charge is 2.14. The molecule has 0 spiro atoms. The molecule has 110 valence electrons. The molecule has 0 N–H and O–H groups in total. The van der Waals surface area contributed by atoms with Crippen molar-refractivity contribution >= 4 is 22.6 Å². The number of aryl methyl sites for hydroxylation is 3. The number of halogens is 1. The molecule has 0 radical (unpaired) electrons. The van der Waals surface area contributed by atoms with Crippen LogP contribution in [0.4, 0.5) is 0 Å². The third-order valence-electron chi connectivity index (χ3n) is 4.03. The Kier molecular flexibility index (Phi) is 3.72. The van der Waals surface area contributed by atoms with Crippen LogP contribution in [0.3, 0.4) is 0 Å². The Hall–Kier alpha value is -1.81. The van der Waals surface area contributed by atoms with Crippen LogP contribution in [0.25, 0.3) is 11.0 Å². The fourth-order valence-electron chi connectivity index (χ4n) is 2.73. The first-order valence-corrected chi connectivity index (χ1v) is 7.63. The average Bonchev–Trinajstić information content (AvgIpc) is 2.96. The summed E-state index contributed by atoms with van der Waals surface area (Å²) in [5, 5.41) is 4.33. The summed E-state index contributed by atoms with van der Waals surface area (Å²) in [6.07, 6.45) is 2.71. The molecule has 0 unspecified atom stereocenters. The van der Waals surface area contributed by atoms with E-state index < -0.39 is 0 Å². The van der Waals surface area contributed by atoms with Crippen LogP contribution in [0.15, 0.2) is 24.4 Å². The van der Waals surface area contributed by atoms with Crippen molar-refractivity contribution in [2.45, 2.75) is 26.8 Å². The molecule has 3 aromatic rings. The van der Waals surface area contributed by atoms with Gasteiger partial charge >= 0.3 is 0 Å². The first-order chi connectivity index (χ1) is 10.1. The van der Waals surface area contributed by atoms with Gasteiger partial charge in [-0.15, -0.1) is 11.6 Å². The van der Waals surface area contributed by atoms with E-state index in [1.807, 2.05) is 17.9 Å². The lowest BCUT2D eigenvalue weighted by molar-refractivity contribution is 0.724. The Balaban J connectivity index is 2.15. The lowest BCUT2D eigenvalue weighted by Crippen LogP contribution is -2.07. The summed E-state index contributed by atoms with van der Waals surface area (Å²) < 4.78 is 4.18. The second kappa shape index (κ2) is 5.53. The minimum absolute atomic E-state index is 0.578. The number of imidazole rings is 1. The van der Waals surface area contributed by atoms with Crippen LogP contribution in [0.5, 0.6) is 0 Å². The molecule has 4 nitrogen and oxygen atoms in total. The molecule has 0 amide bonds. The van der Waals surface area contributed by atoms with Crippen molar-refractivity contribution in [2.24, 2.45) is 7.05 Å². The molecule has 0 aliphatic carbocycles. The Morgan fingerprint density at radius 1 is 1.24 bits per heavy atom. The zero-order valence-electron chi connectivity index (χ0n) is 12.6. The van der Waals surface area contributed by atoms with Gasteiger partial charge < -0.3 is 4.57 Å². The highest BCUT2D eigenvalue weighted by atomic mass is 35.5. The molecule has 0 bridgehead atoms. The first kappa shape index (κ1) is 14.1. The van der Waals surface area contributed by atoms with Crippen LogP contribution in [0.2, 0.25) is 0 Å². The summed E-state index contributed by atoms with van der Waals surface area (Å²) in [6.45, 7) is 5.00. The Morgan fingerprint density at radius 3 is 2.71 bits per heavy atom. The van der Waals surface area contributed by atoms with Crippen LogP contribution in [0, 0.1) is 13.8 Å². The third-order valence-corrected chi connectivity index (χ3v) is 4.22. The Bertz CT molecular complexity index is 785. The predicted octanol–water partition coefficient (Wildman–Crippen LogP) is 3.22. The van der Waals surface area contributed by atoms with E-state index in [9.17, 15) is 0 Å². The van der Waals surface area contributed by atoms with Crippen molar-refractivity contribution in [3.63, 3.8) is 0 Å². The molecule has 0 aliphatic rings. The maximum Gasteiger partial charge on any atom is 0.111 e. The van der Waals surface area contributed by atoms with Gasteiger partial charge in [-0.3, -0.25) is 4.68 Å². The summed E-state index contributed by atoms with van der Waals surface area (Å²) in [5.74, 6) is 1.62. The summed E-state index contributed by atoms with van der Waals surface area (Å²) in [5.41, 5.74) is 5.87. The highest BCUT2D eigenvalue weighted by Crippen LogP contribution is 2.22. The van der Waals surface area contributed by atoms with Gasteiger partial charge in [0.15, 0.2) is 0 Å². The minimum Gasteiger partial charge on any atom is -0.323 e. The molecule has 1 aromatic carbocycles. The lowest BCUT2D eigenvalue weighted by Gasteiger charge is -2.10. The van der Waals surface area contributed by atoms with Gasteiger partial charge in [0.1, 0.15) is 5.82 Å². The molecule has 2 aromatic heterocycles. The van der Waals surface area contributed by atoms with Crippen molar-refractivity contribution < 1.29 is 0 Å². The van der Waals surface area contributed by atoms with E-state index in [1.54, 1.807) is 0 Å². The SMILES string of the molecule is Cc1cccc2nc(CCCl)n(Cc3cnn(C)c3C)c12. The number of benzene rings is 1. The van der Waals surface area contributed by atoms with Gasteiger partial charge in [0.25, 0.3) is 0 Å². The second-order valence-corrected chi connectivity index (χ2v) is 5.75. The molecule has 3 rings (SSSR count). The number of fused-ring (bicyclic) bond motifs is 1. The summed E-state index contributed by atoms with van der Waals surface area (Å²) >= 11 is 5.94. The standard InChI is InChI=1S/C16H19ClN4/c1-11-5-4-6-14-16(11)21(15(19-14)7-8-17)10-13-9-18-20(3)12(13)2/h4-6,9H,7-8,10H2,1-3H3. The normalized spacial score (nSPS) is 11.4. The Morgan fingerprint density at radius 2 is 2.05 bits per heavy atom. The molecule has 0 fully saturated rings. The molecule has 0 saturated carbocycles. The molecular formula is C16H19ClN4. The number of para-hydroxylation sites is 1. The molecule has 2 heterocycles. The predicted molar refractivity (Wildman–Crippen MR) is 85.9 cm³/mol.